The molecule has 3 aromatic carbocycles. The van der Waals surface area contributed by atoms with E-state index in [0.29, 0.717) is 5.56 Å². The van der Waals surface area contributed by atoms with Crippen molar-refractivity contribution >= 4 is 28.8 Å². The zero-order valence-electron chi connectivity index (χ0n) is 16.5. The first-order valence-corrected chi connectivity index (χ1v) is 10.9. The molecule has 29 heavy (non-hydrogen) atoms. The van der Waals surface area contributed by atoms with Gasteiger partial charge in [-0.15, -0.1) is 0 Å². The van der Waals surface area contributed by atoms with Crippen LogP contribution in [0.25, 0.3) is 11.1 Å². The Hall–Kier alpha value is -2.79. The second-order valence-corrected chi connectivity index (χ2v) is 8.32. The standard InChI is InChI=1S/C24H24N2O2S/c1-2-3-4-9-16-25-21-12-7-8-13-23(21)29-24-17-18(14-15-22(24)25)19-10-5-6-11-20(19)26(27)28/h5-8,10-15,17H,2-4,9,16H2,1H3. The molecule has 0 atom stereocenters. The van der Waals surface area contributed by atoms with Gasteiger partial charge in [0.05, 0.1) is 21.9 Å². The average Bonchev–Trinajstić information content (AvgIpc) is 2.75. The van der Waals surface area contributed by atoms with Crippen molar-refractivity contribution in [1.82, 2.24) is 0 Å². The molecule has 3 aromatic rings. The van der Waals surface area contributed by atoms with Crippen molar-refractivity contribution in [3.8, 4) is 11.1 Å². The molecule has 148 valence electrons. The lowest BCUT2D eigenvalue weighted by atomic mass is 10.0. The Labute approximate surface area is 175 Å². The number of anilines is 2. The van der Waals surface area contributed by atoms with Crippen molar-refractivity contribution in [1.29, 1.82) is 0 Å². The first kappa shape index (κ1) is 19.5. The molecule has 0 fully saturated rings. The van der Waals surface area contributed by atoms with Gasteiger partial charge in [0.2, 0.25) is 0 Å². The van der Waals surface area contributed by atoms with Crippen LogP contribution >= 0.6 is 11.8 Å². The third-order valence-corrected chi connectivity index (χ3v) is 6.39. The highest BCUT2D eigenvalue weighted by Gasteiger charge is 2.24. The van der Waals surface area contributed by atoms with E-state index < -0.39 is 0 Å². The highest BCUT2D eigenvalue weighted by molar-refractivity contribution is 7.99. The largest absolute Gasteiger partial charge is 0.340 e. The number of rotatable bonds is 7. The average molecular weight is 405 g/mol. The molecule has 4 rings (SSSR count). The van der Waals surface area contributed by atoms with Gasteiger partial charge in [-0.3, -0.25) is 10.1 Å². The van der Waals surface area contributed by atoms with Gasteiger partial charge in [0.25, 0.3) is 5.69 Å². The van der Waals surface area contributed by atoms with E-state index in [2.05, 4.69) is 48.2 Å². The number of fused-ring (bicyclic) bond motifs is 2. The molecule has 0 aliphatic carbocycles. The third kappa shape index (κ3) is 4.01. The molecule has 0 saturated heterocycles. The first-order chi connectivity index (χ1) is 14.2. The van der Waals surface area contributed by atoms with Crippen LogP contribution < -0.4 is 4.90 Å². The zero-order chi connectivity index (χ0) is 20.2. The molecule has 1 heterocycles. The number of nitrogens with zero attached hydrogens (tertiary/aromatic N) is 2. The molecule has 1 aliphatic rings. The van der Waals surface area contributed by atoms with Crippen molar-refractivity contribution in [2.45, 2.75) is 42.4 Å². The molecule has 0 spiro atoms. The molecular weight excluding hydrogens is 380 g/mol. The highest BCUT2D eigenvalue weighted by Crippen LogP contribution is 2.49. The van der Waals surface area contributed by atoms with Crippen LogP contribution in [-0.4, -0.2) is 11.5 Å². The molecule has 0 radical (unpaired) electrons. The Morgan fingerprint density at radius 1 is 0.897 bits per heavy atom. The minimum absolute atomic E-state index is 0.144. The summed E-state index contributed by atoms with van der Waals surface area (Å²) >= 11 is 1.74. The Balaban J connectivity index is 1.72. The summed E-state index contributed by atoms with van der Waals surface area (Å²) in [6.45, 7) is 3.21. The second kappa shape index (κ2) is 8.70. The van der Waals surface area contributed by atoms with Gasteiger partial charge in [-0.05, 0) is 42.3 Å². The Morgan fingerprint density at radius 3 is 2.48 bits per heavy atom. The van der Waals surface area contributed by atoms with Gasteiger partial charge < -0.3 is 4.90 Å². The van der Waals surface area contributed by atoms with Gasteiger partial charge in [-0.25, -0.2) is 0 Å². The number of benzene rings is 3. The number of nitro groups is 1. The molecule has 1 aliphatic heterocycles. The molecule has 0 aromatic heterocycles. The Morgan fingerprint density at radius 2 is 1.66 bits per heavy atom. The normalized spacial score (nSPS) is 12.4. The Bertz CT molecular complexity index is 1030. The minimum atomic E-state index is -0.308. The molecule has 0 unspecified atom stereocenters. The fourth-order valence-electron chi connectivity index (χ4n) is 3.82. The van der Waals surface area contributed by atoms with Crippen molar-refractivity contribution in [2.24, 2.45) is 0 Å². The number of unbranched alkanes of at least 4 members (excludes halogenated alkanes) is 3. The summed E-state index contributed by atoms with van der Waals surface area (Å²) in [5, 5.41) is 11.5. The molecule has 0 saturated carbocycles. The van der Waals surface area contributed by atoms with Gasteiger partial charge >= 0.3 is 0 Å². The highest BCUT2D eigenvalue weighted by atomic mass is 32.2. The van der Waals surface area contributed by atoms with E-state index in [-0.39, 0.29) is 10.6 Å². The van der Waals surface area contributed by atoms with E-state index in [1.165, 1.54) is 35.5 Å². The van der Waals surface area contributed by atoms with Gasteiger partial charge in [0, 0.05) is 22.4 Å². The fraction of sp³-hybridized carbons (Fsp3) is 0.250. The van der Waals surface area contributed by atoms with E-state index in [4.69, 9.17) is 0 Å². The summed E-state index contributed by atoms with van der Waals surface area (Å²) in [6, 6.07) is 21.7. The molecule has 0 N–H and O–H groups in total. The van der Waals surface area contributed by atoms with E-state index in [1.54, 1.807) is 23.9 Å². The number of para-hydroxylation sites is 2. The fourth-order valence-corrected chi connectivity index (χ4v) is 4.95. The zero-order valence-corrected chi connectivity index (χ0v) is 17.3. The van der Waals surface area contributed by atoms with Gasteiger partial charge in [0.1, 0.15) is 0 Å². The SMILES string of the molecule is CCCCCCN1c2ccccc2Sc2cc(-c3ccccc3[N+](=O)[O-])ccc21. The van der Waals surface area contributed by atoms with Gasteiger partial charge in [-0.2, -0.15) is 0 Å². The van der Waals surface area contributed by atoms with Crippen LogP contribution in [0.2, 0.25) is 0 Å². The maximum absolute atomic E-state index is 11.5. The van der Waals surface area contributed by atoms with E-state index in [9.17, 15) is 10.1 Å². The summed E-state index contributed by atoms with van der Waals surface area (Å²) in [5.41, 5.74) is 4.13. The molecule has 4 nitrogen and oxygen atoms in total. The molecule has 0 amide bonds. The lowest BCUT2D eigenvalue weighted by Gasteiger charge is -2.33. The van der Waals surface area contributed by atoms with Crippen LogP contribution in [0.4, 0.5) is 17.1 Å². The van der Waals surface area contributed by atoms with Crippen LogP contribution in [0.15, 0.2) is 76.5 Å². The van der Waals surface area contributed by atoms with Crippen molar-refractivity contribution in [3.05, 3.63) is 76.8 Å². The van der Waals surface area contributed by atoms with Crippen LogP contribution in [0.1, 0.15) is 32.6 Å². The quantitative estimate of drug-likeness (QED) is 0.233. The van der Waals surface area contributed by atoms with Crippen LogP contribution in [0, 0.1) is 10.1 Å². The van der Waals surface area contributed by atoms with Crippen LogP contribution in [0.5, 0.6) is 0 Å². The van der Waals surface area contributed by atoms with E-state index in [0.717, 1.165) is 23.4 Å². The van der Waals surface area contributed by atoms with Crippen LogP contribution in [0.3, 0.4) is 0 Å². The van der Waals surface area contributed by atoms with E-state index >= 15 is 0 Å². The minimum Gasteiger partial charge on any atom is -0.340 e. The third-order valence-electron chi connectivity index (χ3n) is 5.27. The lowest BCUT2D eigenvalue weighted by Crippen LogP contribution is -2.22. The van der Waals surface area contributed by atoms with E-state index in [1.807, 2.05) is 18.2 Å². The number of hydrogen-bond donors (Lipinski definition) is 0. The smallest absolute Gasteiger partial charge is 0.277 e. The summed E-state index contributed by atoms with van der Waals surface area (Å²) in [4.78, 5) is 15.9. The maximum Gasteiger partial charge on any atom is 0.277 e. The monoisotopic (exact) mass is 404 g/mol. The van der Waals surface area contributed by atoms with Crippen LogP contribution in [-0.2, 0) is 0 Å². The summed E-state index contributed by atoms with van der Waals surface area (Å²) in [6.07, 6.45) is 4.86. The summed E-state index contributed by atoms with van der Waals surface area (Å²) < 4.78 is 0. The topological polar surface area (TPSA) is 46.4 Å². The van der Waals surface area contributed by atoms with Crippen molar-refractivity contribution < 1.29 is 4.92 Å². The number of nitro benzene ring substituents is 1. The van der Waals surface area contributed by atoms with Gasteiger partial charge in [0.15, 0.2) is 0 Å². The first-order valence-electron chi connectivity index (χ1n) is 10.1. The number of hydrogen-bond acceptors (Lipinski definition) is 4. The second-order valence-electron chi connectivity index (χ2n) is 7.24. The molecule has 5 heteroatoms. The summed E-state index contributed by atoms with van der Waals surface area (Å²) in [5.74, 6) is 0. The van der Waals surface area contributed by atoms with Gasteiger partial charge in [-0.1, -0.05) is 68.3 Å². The predicted molar refractivity (Wildman–Crippen MR) is 120 cm³/mol. The lowest BCUT2D eigenvalue weighted by molar-refractivity contribution is -0.384. The predicted octanol–water partition coefficient (Wildman–Crippen LogP) is 7.44. The Kier molecular flexibility index (Phi) is 5.86. The van der Waals surface area contributed by atoms with Crippen molar-refractivity contribution in [2.75, 3.05) is 11.4 Å². The summed E-state index contributed by atoms with van der Waals surface area (Å²) in [7, 11) is 0. The van der Waals surface area contributed by atoms with Crippen molar-refractivity contribution in [3.63, 3.8) is 0 Å². The molecule has 0 bridgehead atoms. The maximum atomic E-state index is 11.5. The molecular formula is C24H24N2O2S.